The van der Waals surface area contributed by atoms with Crippen LogP contribution in [0.4, 0.5) is 4.39 Å². The molecule has 0 aliphatic carbocycles. The van der Waals surface area contributed by atoms with E-state index in [0.29, 0.717) is 50.7 Å². The molecule has 3 N–H and O–H groups in total. The van der Waals surface area contributed by atoms with Crippen LogP contribution in [0.25, 0.3) is 56.2 Å². The highest BCUT2D eigenvalue weighted by atomic mass is 19.1. The number of hydrogen-bond acceptors (Lipinski definition) is 7. The van der Waals surface area contributed by atoms with Crippen molar-refractivity contribution in [1.29, 1.82) is 0 Å². The number of phenolic OH excluding ortho intramolecular Hbond substituents is 1. The van der Waals surface area contributed by atoms with E-state index in [1.807, 2.05) is 12.1 Å². The largest absolute Gasteiger partial charge is 0.508 e. The van der Waals surface area contributed by atoms with E-state index in [2.05, 4.69) is 35.1 Å². The summed E-state index contributed by atoms with van der Waals surface area (Å²) in [6.45, 7) is 0. The molecule has 9 nitrogen and oxygen atoms in total. The van der Waals surface area contributed by atoms with Crippen molar-refractivity contribution in [3.8, 4) is 39.9 Å². The van der Waals surface area contributed by atoms with E-state index in [1.54, 1.807) is 30.9 Å². The Kier molecular flexibility index (Phi) is 3.90. The van der Waals surface area contributed by atoms with Gasteiger partial charge in [-0.3, -0.25) is 20.1 Å². The molecule has 32 heavy (non-hydrogen) atoms. The van der Waals surface area contributed by atoms with Gasteiger partial charge in [-0.05, 0) is 30.3 Å². The summed E-state index contributed by atoms with van der Waals surface area (Å²) in [5, 5.41) is 17.1. The van der Waals surface area contributed by atoms with Crippen molar-refractivity contribution in [2.75, 3.05) is 0 Å². The third-order valence-electron chi connectivity index (χ3n) is 5.01. The number of rotatable bonds is 3. The molecule has 0 saturated heterocycles. The normalized spacial score (nSPS) is 11.4. The minimum Gasteiger partial charge on any atom is -0.508 e. The molecule has 6 rings (SSSR count). The SMILES string of the molecule is Oc1cc(F)cc(-c2nccc3[nH]c(-c4n[nH]c5ccc(-c6cnccn6)nc45)nc23)c1. The fourth-order valence-corrected chi connectivity index (χ4v) is 3.61. The average molecular weight is 424 g/mol. The number of nitrogens with one attached hydrogen (secondary N) is 2. The lowest BCUT2D eigenvalue weighted by Crippen LogP contribution is -1.89. The van der Waals surface area contributed by atoms with Crippen molar-refractivity contribution in [2.45, 2.75) is 0 Å². The Morgan fingerprint density at radius 1 is 0.812 bits per heavy atom. The summed E-state index contributed by atoms with van der Waals surface area (Å²) in [6, 6.07) is 9.25. The Labute approximate surface area is 179 Å². The van der Waals surface area contributed by atoms with Gasteiger partial charge in [-0.1, -0.05) is 0 Å². The topological polar surface area (TPSA) is 129 Å². The third-order valence-corrected chi connectivity index (χ3v) is 5.01. The van der Waals surface area contributed by atoms with Gasteiger partial charge in [0.1, 0.15) is 28.3 Å². The summed E-state index contributed by atoms with van der Waals surface area (Å²) in [7, 11) is 0. The zero-order chi connectivity index (χ0) is 21.7. The van der Waals surface area contributed by atoms with Gasteiger partial charge < -0.3 is 10.1 Å². The van der Waals surface area contributed by atoms with E-state index < -0.39 is 5.82 Å². The van der Waals surface area contributed by atoms with Gasteiger partial charge in [0.2, 0.25) is 0 Å². The molecule has 10 heteroatoms. The monoisotopic (exact) mass is 424 g/mol. The van der Waals surface area contributed by atoms with Crippen molar-refractivity contribution in [3.63, 3.8) is 0 Å². The second-order valence-corrected chi connectivity index (χ2v) is 7.09. The number of aromatic nitrogens is 8. The molecule has 0 amide bonds. The first kappa shape index (κ1) is 18.1. The molecule has 0 aliphatic heterocycles. The fourth-order valence-electron chi connectivity index (χ4n) is 3.61. The van der Waals surface area contributed by atoms with Gasteiger partial charge in [-0.15, -0.1) is 0 Å². The lowest BCUT2D eigenvalue weighted by atomic mass is 10.1. The summed E-state index contributed by atoms with van der Waals surface area (Å²) in [6.07, 6.45) is 6.44. The molecular weight excluding hydrogens is 411 g/mol. The van der Waals surface area contributed by atoms with E-state index in [-0.39, 0.29) is 5.75 Å². The Morgan fingerprint density at radius 3 is 2.56 bits per heavy atom. The zero-order valence-electron chi connectivity index (χ0n) is 16.3. The number of nitrogens with zero attached hydrogens (tertiary/aromatic N) is 6. The molecule has 0 spiro atoms. The Hall–Kier alpha value is -4.73. The number of hydrogen-bond donors (Lipinski definition) is 3. The van der Waals surface area contributed by atoms with Gasteiger partial charge in [-0.2, -0.15) is 5.10 Å². The first-order valence-corrected chi connectivity index (χ1v) is 9.62. The first-order chi connectivity index (χ1) is 15.7. The second-order valence-electron chi connectivity index (χ2n) is 7.09. The minimum atomic E-state index is -0.561. The van der Waals surface area contributed by atoms with E-state index in [4.69, 9.17) is 4.98 Å². The van der Waals surface area contributed by atoms with Crippen LogP contribution in [0.5, 0.6) is 5.75 Å². The fraction of sp³-hybridized carbons (Fsp3) is 0. The van der Waals surface area contributed by atoms with E-state index in [9.17, 15) is 9.50 Å². The smallest absolute Gasteiger partial charge is 0.161 e. The van der Waals surface area contributed by atoms with Crippen LogP contribution in [0.2, 0.25) is 0 Å². The second kappa shape index (κ2) is 6.91. The van der Waals surface area contributed by atoms with Crippen molar-refractivity contribution in [1.82, 2.24) is 40.1 Å². The maximum Gasteiger partial charge on any atom is 0.161 e. The maximum atomic E-state index is 13.8. The van der Waals surface area contributed by atoms with Crippen LogP contribution in [-0.2, 0) is 0 Å². The predicted molar refractivity (Wildman–Crippen MR) is 115 cm³/mol. The standard InChI is InChI=1S/C22H13FN8O/c23-12-7-11(8-13(32)9-12)18-19-15(3-4-26-18)28-22(29-19)21-20-16(30-31-21)2-1-14(27-20)17-10-24-5-6-25-17/h1-10,32H,(H,28,29)(H,30,31). The van der Waals surface area contributed by atoms with Crippen LogP contribution < -0.4 is 0 Å². The number of H-pyrrole nitrogens is 2. The molecule has 0 bridgehead atoms. The van der Waals surface area contributed by atoms with Gasteiger partial charge in [0, 0.05) is 30.2 Å². The van der Waals surface area contributed by atoms with Gasteiger partial charge >= 0.3 is 0 Å². The Balaban J connectivity index is 1.52. The van der Waals surface area contributed by atoms with Crippen LogP contribution in [-0.4, -0.2) is 45.2 Å². The lowest BCUT2D eigenvalue weighted by Gasteiger charge is -2.03. The number of pyridine rings is 2. The molecule has 0 atom stereocenters. The molecule has 0 saturated carbocycles. The number of benzene rings is 1. The molecule has 6 aromatic rings. The van der Waals surface area contributed by atoms with E-state index >= 15 is 0 Å². The van der Waals surface area contributed by atoms with Crippen LogP contribution in [0.15, 0.2) is 61.2 Å². The summed E-state index contributed by atoms with van der Waals surface area (Å²) < 4.78 is 13.8. The molecule has 0 radical (unpaired) electrons. The highest BCUT2D eigenvalue weighted by Gasteiger charge is 2.18. The summed E-state index contributed by atoms with van der Waals surface area (Å²) in [5.74, 6) is -0.271. The third kappa shape index (κ3) is 2.93. The van der Waals surface area contributed by atoms with Gasteiger partial charge in [0.05, 0.1) is 28.6 Å². The Bertz CT molecular complexity index is 1590. The van der Waals surface area contributed by atoms with Crippen LogP contribution in [0, 0.1) is 5.82 Å². The number of aromatic hydroxyl groups is 1. The highest BCUT2D eigenvalue weighted by molar-refractivity contribution is 5.95. The zero-order valence-corrected chi connectivity index (χ0v) is 16.3. The van der Waals surface area contributed by atoms with Gasteiger partial charge in [0.15, 0.2) is 11.5 Å². The molecular formula is C22H13FN8O. The van der Waals surface area contributed by atoms with Crippen molar-refractivity contribution in [2.24, 2.45) is 0 Å². The van der Waals surface area contributed by atoms with E-state index in [0.717, 1.165) is 11.6 Å². The van der Waals surface area contributed by atoms with Crippen LogP contribution in [0.1, 0.15) is 0 Å². The van der Waals surface area contributed by atoms with Crippen molar-refractivity contribution < 1.29 is 9.50 Å². The number of fused-ring (bicyclic) bond motifs is 2. The summed E-state index contributed by atoms with van der Waals surface area (Å²) >= 11 is 0. The van der Waals surface area contributed by atoms with E-state index in [1.165, 1.54) is 12.1 Å². The summed E-state index contributed by atoms with van der Waals surface area (Å²) in [5.41, 5.74) is 5.24. The van der Waals surface area contributed by atoms with Crippen LogP contribution in [0.3, 0.4) is 0 Å². The lowest BCUT2D eigenvalue weighted by molar-refractivity contribution is 0.469. The summed E-state index contributed by atoms with van der Waals surface area (Å²) in [4.78, 5) is 25.3. The average Bonchev–Trinajstić information content (AvgIpc) is 3.42. The van der Waals surface area contributed by atoms with Gasteiger partial charge in [0.25, 0.3) is 0 Å². The molecule has 0 unspecified atom stereocenters. The number of imidazole rings is 1. The molecule has 5 aromatic heterocycles. The maximum absolute atomic E-state index is 13.8. The Morgan fingerprint density at radius 2 is 1.72 bits per heavy atom. The molecule has 5 heterocycles. The number of aromatic amines is 2. The van der Waals surface area contributed by atoms with Crippen molar-refractivity contribution in [3.05, 3.63) is 67.0 Å². The molecule has 1 aromatic carbocycles. The van der Waals surface area contributed by atoms with Crippen molar-refractivity contribution >= 4 is 22.1 Å². The predicted octanol–water partition coefficient (Wildman–Crippen LogP) is 3.86. The molecule has 0 aliphatic rings. The number of halogens is 1. The van der Waals surface area contributed by atoms with Gasteiger partial charge in [-0.25, -0.2) is 14.4 Å². The highest BCUT2D eigenvalue weighted by Crippen LogP contribution is 2.31. The molecule has 0 fully saturated rings. The number of phenols is 1. The van der Waals surface area contributed by atoms with Crippen LogP contribution >= 0.6 is 0 Å². The minimum absolute atomic E-state index is 0.186. The first-order valence-electron chi connectivity index (χ1n) is 9.62. The molecule has 154 valence electrons. The quantitative estimate of drug-likeness (QED) is 0.393.